The fourth-order valence-corrected chi connectivity index (χ4v) is 4.00. The van der Waals surface area contributed by atoms with Gasteiger partial charge in [0.15, 0.2) is 0 Å². The molecule has 6 heteroatoms. The molecule has 2 heterocycles. The molecule has 126 valence electrons. The summed E-state index contributed by atoms with van der Waals surface area (Å²) in [7, 11) is 1.91. The average Bonchev–Trinajstić information content (AvgIpc) is 2.88. The number of nitrogens with zero attached hydrogens (tertiary/aromatic N) is 3. The van der Waals surface area contributed by atoms with Crippen molar-refractivity contribution in [3.8, 4) is 0 Å². The Morgan fingerprint density at radius 1 is 1.12 bits per heavy atom. The summed E-state index contributed by atoms with van der Waals surface area (Å²) in [6, 6.07) is 15.7. The molecule has 2 aromatic carbocycles. The third kappa shape index (κ3) is 2.55. The van der Waals surface area contributed by atoms with Crippen molar-refractivity contribution in [3.63, 3.8) is 0 Å². The van der Waals surface area contributed by atoms with Gasteiger partial charge >= 0.3 is 0 Å². The van der Waals surface area contributed by atoms with Crippen molar-refractivity contribution in [1.82, 2.24) is 14.3 Å². The van der Waals surface area contributed by atoms with Crippen LogP contribution >= 0.6 is 23.4 Å². The third-order valence-corrected chi connectivity index (χ3v) is 5.40. The van der Waals surface area contributed by atoms with Crippen molar-refractivity contribution in [2.45, 2.75) is 11.6 Å². The first-order valence-electron chi connectivity index (χ1n) is 7.87. The van der Waals surface area contributed by atoms with Crippen molar-refractivity contribution >= 4 is 45.2 Å². The van der Waals surface area contributed by atoms with Gasteiger partial charge in [-0.15, -0.1) is 11.8 Å². The highest BCUT2D eigenvalue weighted by Crippen LogP contribution is 2.32. The van der Waals surface area contributed by atoms with Crippen molar-refractivity contribution in [2.75, 3.05) is 6.26 Å². The summed E-state index contributed by atoms with van der Waals surface area (Å²) < 4.78 is 3.67. The second kappa shape index (κ2) is 6.24. The van der Waals surface area contributed by atoms with Crippen LogP contribution in [0.3, 0.4) is 0 Å². The lowest BCUT2D eigenvalue weighted by Crippen LogP contribution is -2.22. The predicted molar refractivity (Wildman–Crippen MR) is 105 cm³/mol. The summed E-state index contributed by atoms with van der Waals surface area (Å²) in [6.45, 7) is 0.515. The molecular formula is C19H16ClN3OS. The zero-order valence-corrected chi connectivity index (χ0v) is 15.4. The van der Waals surface area contributed by atoms with Crippen LogP contribution in [0.15, 0.2) is 58.4 Å². The molecule has 0 aliphatic rings. The molecule has 4 rings (SSSR count). The Hall–Kier alpha value is -2.24. The topological polar surface area (TPSA) is 39.8 Å². The van der Waals surface area contributed by atoms with Crippen molar-refractivity contribution in [2.24, 2.45) is 7.05 Å². The number of aryl methyl sites for hydroxylation is 1. The molecule has 0 N–H and O–H groups in total. The molecule has 4 nitrogen and oxygen atoms in total. The van der Waals surface area contributed by atoms with Gasteiger partial charge in [-0.25, -0.2) is 9.67 Å². The first-order valence-corrected chi connectivity index (χ1v) is 9.47. The predicted octanol–water partition coefficient (Wildman–Crippen LogP) is 4.31. The molecule has 25 heavy (non-hydrogen) atoms. The molecular weight excluding hydrogens is 354 g/mol. The minimum atomic E-state index is -0.0277. The van der Waals surface area contributed by atoms with E-state index >= 15 is 0 Å². The van der Waals surface area contributed by atoms with Crippen LogP contribution < -0.4 is 5.56 Å². The van der Waals surface area contributed by atoms with Gasteiger partial charge in [0.2, 0.25) is 0 Å². The smallest absolute Gasteiger partial charge is 0.277 e. The number of para-hydroxylation sites is 1. The van der Waals surface area contributed by atoms with Crippen LogP contribution in [0, 0.1) is 0 Å². The maximum absolute atomic E-state index is 13.1. The molecule has 0 spiro atoms. The Labute approximate surface area is 154 Å². The third-order valence-electron chi connectivity index (χ3n) is 4.41. The lowest BCUT2D eigenvalue weighted by Gasteiger charge is -2.09. The van der Waals surface area contributed by atoms with E-state index in [1.54, 1.807) is 4.68 Å². The van der Waals surface area contributed by atoms with Gasteiger partial charge in [0, 0.05) is 12.4 Å². The number of halogens is 1. The van der Waals surface area contributed by atoms with Gasteiger partial charge in [0.1, 0.15) is 5.03 Å². The van der Waals surface area contributed by atoms with Crippen molar-refractivity contribution in [1.29, 1.82) is 0 Å². The fraction of sp³-hybridized carbons (Fsp3) is 0.158. The molecule has 0 fully saturated rings. The molecule has 0 aliphatic heterocycles. The highest BCUT2D eigenvalue weighted by molar-refractivity contribution is 7.98. The van der Waals surface area contributed by atoms with Crippen LogP contribution in [-0.4, -0.2) is 20.6 Å². The number of thioether (sulfide) groups is 1. The zero-order valence-electron chi connectivity index (χ0n) is 13.9. The van der Waals surface area contributed by atoms with Gasteiger partial charge in [-0.3, -0.25) is 9.48 Å². The maximum Gasteiger partial charge on any atom is 0.277 e. The summed E-state index contributed by atoms with van der Waals surface area (Å²) in [4.78, 5) is 17.8. The molecule has 0 bridgehead atoms. The Morgan fingerprint density at radius 3 is 2.60 bits per heavy atom. The highest BCUT2D eigenvalue weighted by Gasteiger charge is 2.19. The molecule has 0 saturated heterocycles. The standard InChI is InChI=1S/C19H16ClN3OS/c1-22-17-13-9-6-10-14(20)16(13)21-18(25-2)15(17)19(24)23(22)11-12-7-4-3-5-8-12/h3-10H,11H2,1-2H3. The van der Waals surface area contributed by atoms with E-state index in [-0.39, 0.29) is 5.56 Å². The average molecular weight is 370 g/mol. The molecule has 0 atom stereocenters. The SMILES string of the molecule is CSc1nc2c(Cl)cccc2c2c1c(=O)n(Cc1ccccc1)n2C. The van der Waals surface area contributed by atoms with E-state index in [2.05, 4.69) is 4.98 Å². The van der Waals surface area contributed by atoms with E-state index in [1.165, 1.54) is 11.8 Å². The molecule has 4 aromatic rings. The van der Waals surface area contributed by atoms with Crippen LogP contribution in [0.4, 0.5) is 0 Å². The molecule has 2 aromatic heterocycles. The van der Waals surface area contributed by atoms with E-state index in [0.29, 0.717) is 22.0 Å². The number of benzene rings is 2. The monoisotopic (exact) mass is 369 g/mol. The summed E-state index contributed by atoms with van der Waals surface area (Å²) in [5.41, 5.74) is 2.66. The summed E-state index contributed by atoms with van der Waals surface area (Å²) >= 11 is 7.82. The number of pyridine rings is 1. The Kier molecular flexibility index (Phi) is 4.06. The number of hydrogen-bond donors (Lipinski definition) is 0. The second-order valence-corrected chi connectivity index (χ2v) is 7.05. The minimum absolute atomic E-state index is 0.0277. The van der Waals surface area contributed by atoms with E-state index in [9.17, 15) is 4.79 Å². The Balaban J connectivity index is 2.09. The normalized spacial score (nSPS) is 11.5. The van der Waals surface area contributed by atoms with Gasteiger partial charge in [0.05, 0.1) is 28.0 Å². The van der Waals surface area contributed by atoms with Gasteiger partial charge in [0.25, 0.3) is 5.56 Å². The Morgan fingerprint density at radius 2 is 1.88 bits per heavy atom. The Bertz CT molecular complexity index is 1150. The number of rotatable bonds is 3. The van der Waals surface area contributed by atoms with Gasteiger partial charge < -0.3 is 0 Å². The quantitative estimate of drug-likeness (QED) is 0.505. The van der Waals surface area contributed by atoms with Crippen LogP contribution in [0.2, 0.25) is 5.02 Å². The second-order valence-electron chi connectivity index (χ2n) is 5.85. The molecule has 0 unspecified atom stereocenters. The largest absolute Gasteiger partial charge is 0.284 e. The zero-order chi connectivity index (χ0) is 17.6. The fourth-order valence-electron chi connectivity index (χ4n) is 3.21. The number of aromatic nitrogens is 3. The van der Waals surface area contributed by atoms with E-state index in [4.69, 9.17) is 11.6 Å². The molecule has 0 amide bonds. The highest BCUT2D eigenvalue weighted by atomic mass is 35.5. The van der Waals surface area contributed by atoms with Crippen molar-refractivity contribution < 1.29 is 0 Å². The van der Waals surface area contributed by atoms with Gasteiger partial charge in [-0.2, -0.15) is 0 Å². The summed E-state index contributed by atoms with van der Waals surface area (Å²) in [5.74, 6) is 0. The summed E-state index contributed by atoms with van der Waals surface area (Å²) in [6.07, 6.45) is 1.93. The van der Waals surface area contributed by atoms with E-state index < -0.39 is 0 Å². The van der Waals surface area contributed by atoms with Crippen LogP contribution in [-0.2, 0) is 13.6 Å². The van der Waals surface area contributed by atoms with E-state index in [0.717, 1.165) is 22.0 Å². The lowest BCUT2D eigenvalue weighted by atomic mass is 10.1. The maximum atomic E-state index is 13.1. The molecule has 0 radical (unpaired) electrons. The van der Waals surface area contributed by atoms with Gasteiger partial charge in [-0.05, 0) is 17.9 Å². The lowest BCUT2D eigenvalue weighted by molar-refractivity contribution is 0.550. The van der Waals surface area contributed by atoms with Crippen LogP contribution in [0.5, 0.6) is 0 Å². The van der Waals surface area contributed by atoms with Gasteiger partial charge in [-0.1, -0.05) is 54.1 Å². The molecule has 0 saturated carbocycles. The number of hydrogen-bond acceptors (Lipinski definition) is 3. The first kappa shape index (κ1) is 16.2. The minimum Gasteiger partial charge on any atom is -0.284 e. The van der Waals surface area contributed by atoms with Crippen LogP contribution in [0.1, 0.15) is 5.56 Å². The van der Waals surface area contributed by atoms with Crippen molar-refractivity contribution in [3.05, 3.63) is 69.5 Å². The number of fused-ring (bicyclic) bond motifs is 3. The van der Waals surface area contributed by atoms with E-state index in [1.807, 2.05) is 66.5 Å². The molecule has 0 aliphatic carbocycles. The van der Waals surface area contributed by atoms with Crippen LogP contribution in [0.25, 0.3) is 21.8 Å². The first-order chi connectivity index (χ1) is 12.1. The summed E-state index contributed by atoms with van der Waals surface area (Å²) in [5, 5.41) is 2.85.